The van der Waals surface area contributed by atoms with E-state index in [0.29, 0.717) is 33.8 Å². The number of pyridine rings is 3. The van der Waals surface area contributed by atoms with Gasteiger partial charge in [0.1, 0.15) is 22.5 Å². The normalized spacial score (nSPS) is 11.4. The van der Waals surface area contributed by atoms with Gasteiger partial charge in [0.05, 0.1) is 22.4 Å². The third kappa shape index (κ3) is 2.84. The van der Waals surface area contributed by atoms with Gasteiger partial charge < -0.3 is 4.98 Å². The number of aromatic nitrogens is 7. The van der Waals surface area contributed by atoms with Gasteiger partial charge >= 0.3 is 0 Å². The molecule has 2 N–H and O–H groups in total. The molecule has 1 aromatic carbocycles. The lowest BCUT2D eigenvalue weighted by atomic mass is 10.1. The molecule has 5 aromatic heterocycles. The van der Waals surface area contributed by atoms with Gasteiger partial charge in [-0.05, 0) is 42.5 Å². The summed E-state index contributed by atoms with van der Waals surface area (Å²) >= 11 is 0. The highest BCUT2D eigenvalue weighted by atomic mass is 19.1. The van der Waals surface area contributed by atoms with Crippen LogP contribution in [0, 0.1) is 5.82 Å². The van der Waals surface area contributed by atoms with E-state index in [1.54, 1.807) is 36.7 Å². The Bertz CT molecular complexity index is 1550. The molecule has 0 aliphatic rings. The van der Waals surface area contributed by atoms with E-state index >= 15 is 0 Å². The maximum Gasteiger partial charge on any atom is 0.161 e. The Morgan fingerprint density at radius 1 is 0.677 bits per heavy atom. The lowest BCUT2D eigenvalue weighted by Gasteiger charge is -2.02. The molecule has 0 aliphatic carbocycles. The predicted octanol–water partition coefficient (Wildman–Crippen LogP) is 4.76. The number of hydrogen-bond donors (Lipinski definition) is 2. The minimum Gasteiger partial charge on any atom is -0.336 e. The number of H-pyrrole nitrogens is 2. The van der Waals surface area contributed by atoms with Crippen LogP contribution in [0.3, 0.4) is 0 Å². The second kappa shape index (κ2) is 6.81. The fraction of sp³-hybridized carbons (Fsp3) is 0. The van der Waals surface area contributed by atoms with E-state index in [2.05, 4.69) is 25.1 Å². The van der Waals surface area contributed by atoms with Crippen LogP contribution in [0.4, 0.5) is 4.39 Å². The molecule has 0 bridgehead atoms. The lowest BCUT2D eigenvalue weighted by molar-refractivity contribution is 0.631. The highest BCUT2D eigenvalue weighted by molar-refractivity contribution is 5.95. The zero-order chi connectivity index (χ0) is 20.8. The maximum absolute atomic E-state index is 14.4. The Kier molecular flexibility index (Phi) is 3.82. The van der Waals surface area contributed by atoms with Crippen molar-refractivity contribution in [3.63, 3.8) is 0 Å². The van der Waals surface area contributed by atoms with Crippen LogP contribution in [0.2, 0.25) is 0 Å². The first-order chi connectivity index (χ1) is 15.3. The summed E-state index contributed by atoms with van der Waals surface area (Å²) in [6.07, 6.45) is 3.36. The molecule has 6 rings (SSSR count). The first kappa shape index (κ1) is 17.4. The fourth-order valence-electron chi connectivity index (χ4n) is 3.62. The topological polar surface area (TPSA) is 96.0 Å². The Morgan fingerprint density at radius 2 is 1.55 bits per heavy atom. The van der Waals surface area contributed by atoms with E-state index in [1.165, 1.54) is 6.07 Å². The third-order valence-electron chi connectivity index (χ3n) is 5.09. The number of halogens is 1. The average molecular weight is 407 g/mol. The summed E-state index contributed by atoms with van der Waals surface area (Å²) in [5.41, 5.74) is 5.70. The van der Waals surface area contributed by atoms with Gasteiger partial charge in [-0.1, -0.05) is 18.2 Å². The summed E-state index contributed by atoms with van der Waals surface area (Å²) in [6, 6.07) is 17.8. The minimum atomic E-state index is -0.348. The van der Waals surface area contributed by atoms with Crippen molar-refractivity contribution in [2.24, 2.45) is 0 Å². The summed E-state index contributed by atoms with van der Waals surface area (Å²) < 4.78 is 14.4. The van der Waals surface area contributed by atoms with Crippen molar-refractivity contribution >= 4 is 22.1 Å². The average Bonchev–Trinajstić information content (AvgIpc) is 3.43. The monoisotopic (exact) mass is 407 g/mol. The first-order valence-electron chi connectivity index (χ1n) is 9.64. The van der Waals surface area contributed by atoms with Crippen LogP contribution in [0.5, 0.6) is 0 Å². The molecule has 0 amide bonds. The standard InChI is InChI=1S/C23H14FN7/c24-14-6-2-1-5-13(14)19-20-17(10-12-26-19)28-23(29-20)22-21-18(30-31-22)9-8-16(27-21)15-7-3-4-11-25-15/h1-12H,(H,28,29)(H,30,31). The highest BCUT2D eigenvalue weighted by Crippen LogP contribution is 2.31. The molecule has 0 saturated carbocycles. The second-order valence-electron chi connectivity index (χ2n) is 7.00. The molecule has 0 saturated heterocycles. The third-order valence-corrected chi connectivity index (χ3v) is 5.09. The van der Waals surface area contributed by atoms with Gasteiger partial charge in [-0.3, -0.25) is 15.1 Å². The molecule has 148 valence electrons. The van der Waals surface area contributed by atoms with Crippen LogP contribution in [0.25, 0.3) is 56.2 Å². The van der Waals surface area contributed by atoms with Gasteiger partial charge in [0.2, 0.25) is 0 Å². The number of benzene rings is 1. The summed E-state index contributed by atoms with van der Waals surface area (Å²) in [7, 11) is 0. The molecule has 0 radical (unpaired) electrons. The SMILES string of the molecule is Fc1ccccc1-c1nccc2[nH]c(-c3n[nH]c4ccc(-c5ccccn5)nc34)nc12. The highest BCUT2D eigenvalue weighted by Gasteiger charge is 2.18. The number of hydrogen-bond acceptors (Lipinski definition) is 5. The van der Waals surface area contributed by atoms with Crippen molar-refractivity contribution in [3.8, 4) is 34.2 Å². The maximum atomic E-state index is 14.4. The molecular formula is C23H14FN7. The number of nitrogens with one attached hydrogen (secondary N) is 2. The Morgan fingerprint density at radius 3 is 2.42 bits per heavy atom. The molecule has 0 spiro atoms. The van der Waals surface area contributed by atoms with Crippen LogP contribution in [-0.2, 0) is 0 Å². The molecule has 5 heterocycles. The van der Waals surface area contributed by atoms with Crippen LogP contribution < -0.4 is 0 Å². The molecule has 0 fully saturated rings. The summed E-state index contributed by atoms with van der Waals surface area (Å²) in [5.74, 6) is 0.177. The van der Waals surface area contributed by atoms with Crippen molar-refractivity contribution < 1.29 is 4.39 Å². The van der Waals surface area contributed by atoms with Crippen molar-refractivity contribution in [2.75, 3.05) is 0 Å². The quantitative estimate of drug-likeness (QED) is 0.441. The molecule has 0 unspecified atom stereocenters. The fourth-order valence-corrected chi connectivity index (χ4v) is 3.62. The van der Waals surface area contributed by atoms with Gasteiger partial charge in [-0.15, -0.1) is 0 Å². The van der Waals surface area contributed by atoms with E-state index < -0.39 is 0 Å². The zero-order valence-electron chi connectivity index (χ0n) is 16.0. The Balaban J connectivity index is 1.53. The van der Waals surface area contributed by atoms with Crippen LogP contribution >= 0.6 is 0 Å². The van der Waals surface area contributed by atoms with Crippen molar-refractivity contribution in [1.29, 1.82) is 0 Å². The first-order valence-corrected chi connectivity index (χ1v) is 9.64. The summed E-state index contributed by atoms with van der Waals surface area (Å²) in [5, 5.41) is 7.42. The molecule has 7 nitrogen and oxygen atoms in total. The summed E-state index contributed by atoms with van der Waals surface area (Å²) in [6.45, 7) is 0. The van der Waals surface area contributed by atoms with E-state index in [0.717, 1.165) is 22.4 Å². The molecule has 0 aliphatic heterocycles. The number of rotatable bonds is 3. The van der Waals surface area contributed by atoms with E-state index in [1.807, 2.05) is 30.3 Å². The molecule has 31 heavy (non-hydrogen) atoms. The van der Waals surface area contributed by atoms with E-state index in [4.69, 9.17) is 9.97 Å². The van der Waals surface area contributed by atoms with E-state index in [-0.39, 0.29) is 5.82 Å². The van der Waals surface area contributed by atoms with Crippen LogP contribution in [-0.4, -0.2) is 35.1 Å². The Labute approximate surface area is 175 Å². The van der Waals surface area contributed by atoms with Crippen molar-refractivity contribution in [2.45, 2.75) is 0 Å². The second-order valence-corrected chi connectivity index (χ2v) is 7.00. The molecule has 0 atom stereocenters. The van der Waals surface area contributed by atoms with E-state index in [9.17, 15) is 4.39 Å². The number of imidazole rings is 1. The van der Waals surface area contributed by atoms with Crippen LogP contribution in [0.1, 0.15) is 0 Å². The Hall–Kier alpha value is -4.46. The molecule has 8 heteroatoms. The smallest absolute Gasteiger partial charge is 0.161 e. The van der Waals surface area contributed by atoms with Gasteiger partial charge in [0.15, 0.2) is 11.5 Å². The number of fused-ring (bicyclic) bond motifs is 2. The van der Waals surface area contributed by atoms with Crippen molar-refractivity contribution in [3.05, 3.63) is 78.9 Å². The summed E-state index contributed by atoms with van der Waals surface area (Å²) in [4.78, 5) is 21.5. The molecular weight excluding hydrogens is 393 g/mol. The van der Waals surface area contributed by atoms with Gasteiger partial charge in [0.25, 0.3) is 0 Å². The largest absolute Gasteiger partial charge is 0.336 e. The van der Waals surface area contributed by atoms with Crippen molar-refractivity contribution in [1.82, 2.24) is 35.1 Å². The number of aromatic amines is 2. The van der Waals surface area contributed by atoms with Crippen LogP contribution in [0.15, 0.2) is 73.1 Å². The lowest BCUT2D eigenvalue weighted by Crippen LogP contribution is -1.89. The van der Waals surface area contributed by atoms with Gasteiger partial charge in [-0.25, -0.2) is 14.4 Å². The van der Waals surface area contributed by atoms with Gasteiger partial charge in [0, 0.05) is 18.0 Å². The van der Waals surface area contributed by atoms with Gasteiger partial charge in [-0.2, -0.15) is 5.10 Å². The zero-order valence-corrected chi connectivity index (χ0v) is 16.0. The number of nitrogens with zero attached hydrogens (tertiary/aromatic N) is 5. The minimum absolute atomic E-state index is 0.348. The predicted molar refractivity (Wildman–Crippen MR) is 115 cm³/mol. The molecule has 6 aromatic rings.